The van der Waals surface area contributed by atoms with E-state index >= 15 is 0 Å². The highest BCUT2D eigenvalue weighted by Gasteiger charge is 2.34. The van der Waals surface area contributed by atoms with Crippen LogP contribution in [0.5, 0.6) is 0 Å². The van der Waals surface area contributed by atoms with Crippen LogP contribution >= 0.6 is 0 Å². The molecule has 4 nitrogen and oxygen atoms in total. The number of hydrogen-bond acceptors (Lipinski definition) is 2. The monoisotopic (exact) mass is 379 g/mol. The zero-order valence-electron chi connectivity index (χ0n) is 16.0. The third-order valence-corrected chi connectivity index (χ3v) is 5.47. The first-order valence-electron chi connectivity index (χ1n) is 9.84. The number of para-hydroxylation sites is 1. The summed E-state index contributed by atoms with van der Waals surface area (Å²) in [5, 5.41) is 7.49. The van der Waals surface area contributed by atoms with Gasteiger partial charge in [0.05, 0.1) is 18.2 Å². The zero-order chi connectivity index (χ0) is 19.6. The Kier molecular flexibility index (Phi) is 4.45. The molecule has 0 radical (unpaired) electrons. The molecule has 0 aliphatic carbocycles. The first-order valence-corrected chi connectivity index (χ1v) is 9.84. The summed E-state index contributed by atoms with van der Waals surface area (Å²) >= 11 is 0. The number of H-pyrrole nitrogens is 1. The van der Waals surface area contributed by atoms with Crippen molar-refractivity contribution in [1.82, 2.24) is 9.99 Å². The fourth-order valence-corrected chi connectivity index (χ4v) is 4.00. The average Bonchev–Trinajstić information content (AvgIpc) is 3.20. The zero-order valence-corrected chi connectivity index (χ0v) is 16.0. The van der Waals surface area contributed by atoms with E-state index in [9.17, 15) is 4.79 Å². The number of aromatic nitrogens is 1. The molecule has 142 valence electrons. The third-order valence-electron chi connectivity index (χ3n) is 5.47. The van der Waals surface area contributed by atoms with E-state index in [1.165, 1.54) is 0 Å². The maximum absolute atomic E-state index is 13.5. The Balaban J connectivity index is 1.57. The molecule has 1 N–H and O–H groups in total. The molecular weight excluding hydrogens is 358 g/mol. The summed E-state index contributed by atoms with van der Waals surface area (Å²) in [5.41, 5.74) is 5.15. The summed E-state index contributed by atoms with van der Waals surface area (Å²) < 4.78 is 0. The lowest BCUT2D eigenvalue weighted by Crippen LogP contribution is -2.37. The minimum Gasteiger partial charge on any atom is -0.361 e. The second kappa shape index (κ2) is 7.40. The van der Waals surface area contributed by atoms with E-state index in [-0.39, 0.29) is 11.8 Å². The van der Waals surface area contributed by atoms with Crippen LogP contribution in [-0.4, -0.2) is 21.6 Å². The van der Waals surface area contributed by atoms with Gasteiger partial charge in [-0.15, -0.1) is 0 Å². The molecule has 0 bridgehead atoms. The van der Waals surface area contributed by atoms with Gasteiger partial charge in [-0.25, -0.2) is 5.01 Å². The van der Waals surface area contributed by atoms with Crippen molar-refractivity contribution in [3.8, 4) is 0 Å². The number of nitrogens with one attached hydrogen (secondary N) is 1. The van der Waals surface area contributed by atoms with Crippen molar-refractivity contribution in [3.63, 3.8) is 0 Å². The van der Waals surface area contributed by atoms with E-state index in [4.69, 9.17) is 5.10 Å². The van der Waals surface area contributed by atoms with E-state index in [1.54, 1.807) is 5.01 Å². The predicted octanol–water partition coefficient (Wildman–Crippen LogP) is 5.09. The SMILES string of the molecule is O=C1C(c2c[nH]c3ccccc23)CC(c2ccccc2)=NN1Cc1ccccc1. The van der Waals surface area contributed by atoms with Gasteiger partial charge in [0.25, 0.3) is 5.91 Å². The second-order valence-electron chi connectivity index (χ2n) is 7.34. The van der Waals surface area contributed by atoms with Gasteiger partial charge in [-0.05, 0) is 22.8 Å². The molecule has 29 heavy (non-hydrogen) atoms. The van der Waals surface area contributed by atoms with Gasteiger partial charge in [-0.1, -0.05) is 78.9 Å². The van der Waals surface area contributed by atoms with Crippen LogP contribution in [0.25, 0.3) is 10.9 Å². The molecule has 4 heteroatoms. The number of carbonyl (C=O) groups excluding carboxylic acids is 1. The molecule has 4 aromatic rings. The Morgan fingerprint density at radius 2 is 1.59 bits per heavy atom. The molecule has 1 atom stereocenters. The summed E-state index contributed by atoms with van der Waals surface area (Å²) in [7, 11) is 0. The molecular formula is C25H21N3O. The van der Waals surface area contributed by atoms with Gasteiger partial charge in [0, 0.05) is 23.5 Å². The molecule has 1 aromatic heterocycles. The smallest absolute Gasteiger partial charge is 0.250 e. The van der Waals surface area contributed by atoms with Crippen molar-refractivity contribution in [2.45, 2.75) is 18.9 Å². The fraction of sp³-hybridized carbons (Fsp3) is 0.120. The topological polar surface area (TPSA) is 48.5 Å². The molecule has 1 aliphatic heterocycles. The molecule has 0 fully saturated rings. The molecule has 1 aliphatic rings. The van der Waals surface area contributed by atoms with E-state index in [1.807, 2.05) is 72.9 Å². The lowest BCUT2D eigenvalue weighted by Gasteiger charge is -2.30. The maximum atomic E-state index is 13.5. The highest BCUT2D eigenvalue weighted by Crippen LogP contribution is 2.34. The number of amides is 1. The highest BCUT2D eigenvalue weighted by atomic mass is 16.2. The number of benzene rings is 3. The van der Waals surface area contributed by atoms with Gasteiger partial charge in [-0.3, -0.25) is 4.79 Å². The summed E-state index contributed by atoms with van der Waals surface area (Å²) in [6.45, 7) is 0.467. The summed E-state index contributed by atoms with van der Waals surface area (Å²) in [4.78, 5) is 16.8. The number of hydrazone groups is 1. The van der Waals surface area contributed by atoms with Crippen LogP contribution in [-0.2, 0) is 11.3 Å². The van der Waals surface area contributed by atoms with E-state index in [2.05, 4.69) is 23.2 Å². The van der Waals surface area contributed by atoms with Gasteiger partial charge in [-0.2, -0.15) is 5.10 Å². The maximum Gasteiger partial charge on any atom is 0.250 e. The number of aromatic amines is 1. The Hall–Kier alpha value is -3.66. The first-order chi connectivity index (χ1) is 14.3. The highest BCUT2D eigenvalue weighted by molar-refractivity contribution is 6.07. The first kappa shape index (κ1) is 17.4. The summed E-state index contributed by atoms with van der Waals surface area (Å²) in [5.74, 6) is -0.221. The number of fused-ring (bicyclic) bond motifs is 1. The van der Waals surface area contributed by atoms with Crippen LogP contribution in [0.4, 0.5) is 0 Å². The minimum atomic E-state index is -0.262. The fourth-order valence-electron chi connectivity index (χ4n) is 4.00. The van der Waals surface area contributed by atoms with E-state index in [0.29, 0.717) is 13.0 Å². The number of carbonyl (C=O) groups is 1. The Morgan fingerprint density at radius 1 is 0.897 bits per heavy atom. The number of rotatable bonds is 4. The number of nitrogens with zero attached hydrogens (tertiary/aromatic N) is 2. The quantitative estimate of drug-likeness (QED) is 0.528. The molecule has 0 spiro atoms. The number of hydrogen-bond donors (Lipinski definition) is 1. The van der Waals surface area contributed by atoms with E-state index in [0.717, 1.165) is 33.3 Å². The van der Waals surface area contributed by atoms with Crippen molar-refractivity contribution >= 4 is 22.5 Å². The minimum absolute atomic E-state index is 0.0401. The van der Waals surface area contributed by atoms with Crippen LogP contribution in [0, 0.1) is 0 Å². The lowest BCUT2D eigenvalue weighted by atomic mass is 9.88. The largest absolute Gasteiger partial charge is 0.361 e. The molecule has 1 amide bonds. The molecule has 0 saturated heterocycles. The molecule has 1 unspecified atom stereocenters. The molecule has 2 heterocycles. The second-order valence-corrected chi connectivity index (χ2v) is 7.34. The van der Waals surface area contributed by atoms with Crippen LogP contribution in [0.2, 0.25) is 0 Å². The van der Waals surface area contributed by atoms with Crippen LogP contribution < -0.4 is 0 Å². The lowest BCUT2D eigenvalue weighted by molar-refractivity contribution is -0.134. The average molecular weight is 379 g/mol. The normalized spacial score (nSPS) is 16.8. The van der Waals surface area contributed by atoms with Crippen LogP contribution in [0.15, 0.2) is 96.2 Å². The van der Waals surface area contributed by atoms with Gasteiger partial charge in [0.2, 0.25) is 0 Å². The van der Waals surface area contributed by atoms with Gasteiger partial charge in [0.15, 0.2) is 0 Å². The van der Waals surface area contributed by atoms with Crippen LogP contribution in [0.1, 0.15) is 29.0 Å². The predicted molar refractivity (Wildman–Crippen MR) is 116 cm³/mol. The van der Waals surface area contributed by atoms with Crippen LogP contribution in [0.3, 0.4) is 0 Å². The Labute approximate surface area is 169 Å². The van der Waals surface area contributed by atoms with Gasteiger partial charge < -0.3 is 4.98 Å². The molecule has 0 saturated carbocycles. The summed E-state index contributed by atoms with van der Waals surface area (Å²) in [6.07, 6.45) is 2.57. The van der Waals surface area contributed by atoms with Gasteiger partial charge in [0.1, 0.15) is 0 Å². The van der Waals surface area contributed by atoms with Crippen molar-refractivity contribution < 1.29 is 4.79 Å². The Bertz CT molecular complexity index is 1180. The van der Waals surface area contributed by atoms with Crippen molar-refractivity contribution in [3.05, 3.63) is 108 Å². The van der Waals surface area contributed by atoms with Crippen molar-refractivity contribution in [2.24, 2.45) is 5.10 Å². The molecule has 3 aromatic carbocycles. The summed E-state index contributed by atoms with van der Waals surface area (Å²) in [6, 6.07) is 28.3. The molecule has 5 rings (SSSR count). The van der Waals surface area contributed by atoms with Crippen molar-refractivity contribution in [2.75, 3.05) is 0 Å². The third kappa shape index (κ3) is 3.34. The Morgan fingerprint density at radius 3 is 2.38 bits per heavy atom. The van der Waals surface area contributed by atoms with Gasteiger partial charge >= 0.3 is 0 Å². The van der Waals surface area contributed by atoms with E-state index < -0.39 is 0 Å². The van der Waals surface area contributed by atoms with Crippen molar-refractivity contribution in [1.29, 1.82) is 0 Å². The standard InChI is InChI=1S/C25H21N3O/c29-25-21(22-16-26-23-14-8-7-13-20(22)23)15-24(19-11-5-2-6-12-19)27-28(25)17-18-9-3-1-4-10-18/h1-14,16,21,26H,15,17H2.